The molecule has 2 amide bonds. The number of nitrogens with zero attached hydrogens (tertiary/aromatic N) is 1. The zero-order chi connectivity index (χ0) is 15.8. The fourth-order valence-electron chi connectivity index (χ4n) is 1.82. The third-order valence-corrected chi connectivity index (χ3v) is 2.94. The van der Waals surface area contributed by atoms with Crippen LogP contribution in [-0.2, 0) is 4.79 Å². The van der Waals surface area contributed by atoms with Gasteiger partial charge in [-0.1, -0.05) is 6.92 Å². The first kappa shape index (κ1) is 16.9. The van der Waals surface area contributed by atoms with Gasteiger partial charge in [0, 0.05) is 25.0 Å². The molecule has 0 aliphatic carbocycles. The van der Waals surface area contributed by atoms with Crippen molar-refractivity contribution in [3.8, 4) is 0 Å². The molecule has 0 spiro atoms. The van der Waals surface area contributed by atoms with E-state index in [-0.39, 0.29) is 11.8 Å². The van der Waals surface area contributed by atoms with Crippen LogP contribution in [0.15, 0.2) is 12.3 Å². The summed E-state index contributed by atoms with van der Waals surface area (Å²) < 4.78 is 0. The van der Waals surface area contributed by atoms with Crippen molar-refractivity contribution in [3.05, 3.63) is 23.5 Å². The Morgan fingerprint density at radius 3 is 2.67 bits per heavy atom. The topological polar surface area (TPSA) is 83.1 Å². The first-order chi connectivity index (χ1) is 9.99. The second-order valence-corrected chi connectivity index (χ2v) is 4.89. The number of carbonyl (C=O) groups excluding carboxylic acids is 2. The monoisotopic (exact) mass is 292 g/mol. The summed E-state index contributed by atoms with van der Waals surface area (Å²) in [5.74, 6) is -0.493. The van der Waals surface area contributed by atoms with Crippen LogP contribution >= 0.6 is 0 Å². The van der Waals surface area contributed by atoms with Crippen molar-refractivity contribution in [1.82, 2.24) is 15.6 Å². The van der Waals surface area contributed by atoms with Crippen LogP contribution in [0.4, 0.5) is 5.69 Å². The molecule has 0 aliphatic heterocycles. The lowest BCUT2D eigenvalue weighted by molar-refractivity contribution is -0.122. The van der Waals surface area contributed by atoms with E-state index in [1.54, 1.807) is 6.92 Å². The minimum atomic E-state index is -0.583. The van der Waals surface area contributed by atoms with Crippen molar-refractivity contribution in [2.75, 3.05) is 18.4 Å². The number of amides is 2. The highest BCUT2D eigenvalue weighted by Gasteiger charge is 2.18. The number of rotatable bonds is 7. The van der Waals surface area contributed by atoms with Gasteiger partial charge in [-0.15, -0.1) is 0 Å². The molecule has 0 saturated carbocycles. The van der Waals surface area contributed by atoms with Crippen molar-refractivity contribution in [3.63, 3.8) is 0 Å². The largest absolute Gasteiger partial charge is 0.385 e. The van der Waals surface area contributed by atoms with Crippen molar-refractivity contribution >= 4 is 17.5 Å². The number of pyridine rings is 1. The maximum absolute atomic E-state index is 12.3. The minimum absolute atomic E-state index is 0.185. The van der Waals surface area contributed by atoms with Gasteiger partial charge in [0.05, 0.1) is 11.3 Å². The third kappa shape index (κ3) is 5.06. The second-order valence-electron chi connectivity index (χ2n) is 4.89. The standard InChI is InChI=1S/C15H24N4O2/c1-5-7-17-14(20)11(4)19-15(21)12-9-18-10(3)8-13(12)16-6-2/h8-9,11H,5-7H2,1-4H3,(H,16,18)(H,17,20)(H,19,21). The molecule has 0 aromatic carbocycles. The van der Waals surface area contributed by atoms with Crippen molar-refractivity contribution < 1.29 is 9.59 Å². The molecule has 116 valence electrons. The maximum atomic E-state index is 12.3. The van der Waals surface area contributed by atoms with Crippen molar-refractivity contribution in [2.45, 2.75) is 40.2 Å². The molecule has 1 atom stereocenters. The summed E-state index contributed by atoms with van der Waals surface area (Å²) in [6.07, 6.45) is 2.39. The zero-order valence-electron chi connectivity index (χ0n) is 13.1. The number of aromatic nitrogens is 1. The normalized spacial score (nSPS) is 11.6. The smallest absolute Gasteiger partial charge is 0.255 e. The minimum Gasteiger partial charge on any atom is -0.385 e. The van der Waals surface area contributed by atoms with Gasteiger partial charge < -0.3 is 16.0 Å². The fraction of sp³-hybridized carbons (Fsp3) is 0.533. The van der Waals surface area contributed by atoms with Crippen LogP contribution in [0.3, 0.4) is 0 Å². The number of carbonyl (C=O) groups is 2. The van der Waals surface area contributed by atoms with Gasteiger partial charge in [-0.05, 0) is 33.3 Å². The van der Waals surface area contributed by atoms with Gasteiger partial charge in [0.15, 0.2) is 0 Å². The highest BCUT2D eigenvalue weighted by Crippen LogP contribution is 2.15. The molecule has 6 nitrogen and oxygen atoms in total. The number of hydrogen-bond donors (Lipinski definition) is 3. The van der Waals surface area contributed by atoms with Crippen LogP contribution in [0.1, 0.15) is 43.2 Å². The predicted molar refractivity (Wildman–Crippen MR) is 83.4 cm³/mol. The number of aryl methyl sites for hydroxylation is 1. The van der Waals surface area contributed by atoms with E-state index in [2.05, 4.69) is 20.9 Å². The van der Waals surface area contributed by atoms with Gasteiger partial charge in [-0.25, -0.2) is 0 Å². The molecule has 0 fully saturated rings. The van der Waals surface area contributed by atoms with E-state index < -0.39 is 6.04 Å². The molecule has 0 saturated heterocycles. The molecule has 0 radical (unpaired) electrons. The van der Waals surface area contributed by atoms with Crippen LogP contribution in [0, 0.1) is 6.92 Å². The van der Waals surface area contributed by atoms with E-state index in [1.807, 2.05) is 26.8 Å². The van der Waals surface area contributed by atoms with Crippen LogP contribution in [-0.4, -0.2) is 35.9 Å². The third-order valence-electron chi connectivity index (χ3n) is 2.94. The highest BCUT2D eigenvalue weighted by molar-refractivity contribution is 6.01. The molecule has 6 heteroatoms. The Hall–Kier alpha value is -2.11. The van der Waals surface area contributed by atoms with Gasteiger partial charge in [-0.3, -0.25) is 14.6 Å². The first-order valence-corrected chi connectivity index (χ1v) is 7.28. The molecule has 0 bridgehead atoms. The van der Waals surface area contributed by atoms with E-state index in [9.17, 15) is 9.59 Å². The molecule has 1 heterocycles. The van der Waals surface area contributed by atoms with Gasteiger partial charge in [-0.2, -0.15) is 0 Å². The van der Waals surface area contributed by atoms with Crippen LogP contribution in [0.2, 0.25) is 0 Å². The molecule has 1 unspecified atom stereocenters. The molecule has 1 aromatic rings. The Labute approximate surface area is 125 Å². The molecule has 21 heavy (non-hydrogen) atoms. The van der Waals surface area contributed by atoms with E-state index in [4.69, 9.17) is 0 Å². The Morgan fingerprint density at radius 2 is 2.05 bits per heavy atom. The summed E-state index contributed by atoms with van der Waals surface area (Å²) in [6, 6.07) is 1.24. The summed E-state index contributed by atoms with van der Waals surface area (Å²) in [5.41, 5.74) is 2.00. The van der Waals surface area contributed by atoms with Crippen LogP contribution < -0.4 is 16.0 Å². The van der Waals surface area contributed by atoms with Gasteiger partial charge in [0.25, 0.3) is 5.91 Å². The lowest BCUT2D eigenvalue weighted by Gasteiger charge is -2.16. The number of nitrogens with one attached hydrogen (secondary N) is 3. The molecule has 3 N–H and O–H groups in total. The first-order valence-electron chi connectivity index (χ1n) is 7.28. The van der Waals surface area contributed by atoms with E-state index >= 15 is 0 Å². The Morgan fingerprint density at radius 1 is 1.33 bits per heavy atom. The second kappa shape index (κ2) is 8.24. The average molecular weight is 292 g/mol. The molecule has 0 aliphatic rings. The van der Waals surface area contributed by atoms with Crippen LogP contribution in [0.25, 0.3) is 0 Å². The molecular formula is C15H24N4O2. The highest BCUT2D eigenvalue weighted by atomic mass is 16.2. The van der Waals surface area contributed by atoms with Crippen molar-refractivity contribution in [1.29, 1.82) is 0 Å². The average Bonchev–Trinajstić information content (AvgIpc) is 2.45. The fourth-order valence-corrected chi connectivity index (χ4v) is 1.82. The summed E-state index contributed by atoms with van der Waals surface area (Å²) in [6.45, 7) is 8.77. The van der Waals surface area contributed by atoms with Gasteiger partial charge in [0.2, 0.25) is 5.91 Å². The van der Waals surface area contributed by atoms with Crippen LogP contribution in [0.5, 0.6) is 0 Å². The van der Waals surface area contributed by atoms with E-state index in [0.29, 0.717) is 18.7 Å². The molecule has 1 rings (SSSR count). The Kier molecular flexibility index (Phi) is 6.65. The SMILES string of the molecule is CCCNC(=O)C(C)NC(=O)c1cnc(C)cc1NCC. The lowest BCUT2D eigenvalue weighted by atomic mass is 10.1. The Balaban J connectivity index is 2.77. The van der Waals surface area contributed by atoms with E-state index in [0.717, 1.165) is 17.8 Å². The molecular weight excluding hydrogens is 268 g/mol. The summed E-state index contributed by atoms with van der Waals surface area (Å²) in [4.78, 5) is 28.2. The lowest BCUT2D eigenvalue weighted by Crippen LogP contribution is -2.45. The predicted octanol–water partition coefficient (Wildman–Crippen LogP) is 1.47. The zero-order valence-corrected chi connectivity index (χ0v) is 13.1. The van der Waals surface area contributed by atoms with Gasteiger partial charge >= 0.3 is 0 Å². The van der Waals surface area contributed by atoms with Crippen molar-refractivity contribution in [2.24, 2.45) is 0 Å². The van der Waals surface area contributed by atoms with Gasteiger partial charge in [0.1, 0.15) is 6.04 Å². The quantitative estimate of drug-likeness (QED) is 0.710. The maximum Gasteiger partial charge on any atom is 0.255 e. The van der Waals surface area contributed by atoms with E-state index in [1.165, 1.54) is 6.20 Å². The summed E-state index contributed by atoms with van der Waals surface area (Å²) in [7, 11) is 0. The number of anilines is 1. The summed E-state index contributed by atoms with van der Waals surface area (Å²) >= 11 is 0. The number of hydrogen-bond acceptors (Lipinski definition) is 4. The Bertz CT molecular complexity index is 502. The molecule has 1 aromatic heterocycles. The summed E-state index contributed by atoms with van der Waals surface area (Å²) in [5, 5.41) is 8.58.